The highest BCUT2D eigenvalue weighted by molar-refractivity contribution is 5.86. The molecule has 0 aliphatic rings. The van der Waals surface area contributed by atoms with Crippen molar-refractivity contribution < 1.29 is 18.7 Å². The lowest BCUT2D eigenvalue weighted by atomic mass is 10.3. The number of benzene rings is 1. The molecule has 106 valence electrons. The molecule has 1 aromatic heterocycles. The Hall–Kier alpha value is -2.43. The van der Waals surface area contributed by atoms with Crippen molar-refractivity contribution in [3.05, 3.63) is 47.9 Å². The molecule has 0 radical (unpaired) electrons. The van der Waals surface area contributed by atoms with Gasteiger partial charge in [0.15, 0.2) is 0 Å². The van der Waals surface area contributed by atoms with Crippen LogP contribution in [-0.2, 0) is 11.3 Å². The quantitative estimate of drug-likeness (QED) is 0.821. The maximum absolute atomic E-state index is 11.2. The molecule has 0 saturated carbocycles. The average molecular weight is 275 g/mol. The summed E-state index contributed by atoms with van der Waals surface area (Å²) in [5, 5.41) is 3.20. The minimum Gasteiger partial charge on any atom is -0.494 e. The fraction of sp³-hybridized carbons (Fsp3) is 0.267. The molecular formula is C15H17NO4. The molecule has 0 aliphatic heterocycles. The normalized spacial score (nSPS) is 10.1. The number of methoxy groups -OCH3 is 1. The van der Waals surface area contributed by atoms with Crippen LogP contribution >= 0.6 is 0 Å². The third kappa shape index (κ3) is 3.54. The number of nitrogens with one attached hydrogen (secondary N) is 1. The summed E-state index contributed by atoms with van der Waals surface area (Å²) in [6.07, 6.45) is 0. The van der Waals surface area contributed by atoms with Crippen molar-refractivity contribution in [3.8, 4) is 5.75 Å². The summed E-state index contributed by atoms with van der Waals surface area (Å²) in [5.74, 6) is 1.23. The summed E-state index contributed by atoms with van der Waals surface area (Å²) in [6, 6.07) is 11.0. The first-order chi connectivity index (χ1) is 9.72. The van der Waals surface area contributed by atoms with E-state index in [0.29, 0.717) is 18.9 Å². The first-order valence-electron chi connectivity index (χ1n) is 6.36. The van der Waals surface area contributed by atoms with Crippen LogP contribution in [0.25, 0.3) is 0 Å². The van der Waals surface area contributed by atoms with Gasteiger partial charge < -0.3 is 19.2 Å². The van der Waals surface area contributed by atoms with E-state index in [-0.39, 0.29) is 5.76 Å². The lowest BCUT2D eigenvalue weighted by Gasteiger charge is -2.06. The highest BCUT2D eigenvalue weighted by Crippen LogP contribution is 2.17. The number of carbonyl (C=O) groups excluding carboxylic acids is 1. The van der Waals surface area contributed by atoms with Crippen LogP contribution in [0.3, 0.4) is 0 Å². The predicted octanol–water partition coefficient (Wildman–Crippen LogP) is 3.08. The van der Waals surface area contributed by atoms with Crippen LogP contribution in [0.2, 0.25) is 0 Å². The van der Waals surface area contributed by atoms with Crippen molar-refractivity contribution >= 4 is 11.7 Å². The summed E-state index contributed by atoms with van der Waals surface area (Å²) >= 11 is 0. The summed E-state index contributed by atoms with van der Waals surface area (Å²) in [7, 11) is 1.32. The monoisotopic (exact) mass is 275 g/mol. The maximum atomic E-state index is 11.2. The van der Waals surface area contributed by atoms with E-state index in [1.165, 1.54) is 7.11 Å². The Bertz CT molecular complexity index is 560. The van der Waals surface area contributed by atoms with Crippen molar-refractivity contribution in [1.29, 1.82) is 0 Å². The van der Waals surface area contributed by atoms with Gasteiger partial charge in [-0.3, -0.25) is 0 Å². The Labute approximate surface area is 117 Å². The molecule has 5 heteroatoms. The Kier molecular flexibility index (Phi) is 4.65. The van der Waals surface area contributed by atoms with Gasteiger partial charge in [0.2, 0.25) is 5.76 Å². The van der Waals surface area contributed by atoms with Gasteiger partial charge in [0.1, 0.15) is 11.5 Å². The van der Waals surface area contributed by atoms with Gasteiger partial charge in [-0.25, -0.2) is 4.79 Å². The van der Waals surface area contributed by atoms with E-state index in [9.17, 15) is 4.79 Å². The second kappa shape index (κ2) is 6.65. The second-order valence-electron chi connectivity index (χ2n) is 4.07. The van der Waals surface area contributed by atoms with Gasteiger partial charge in [-0.2, -0.15) is 0 Å². The van der Waals surface area contributed by atoms with Gasteiger partial charge in [0, 0.05) is 5.69 Å². The molecule has 1 heterocycles. The molecule has 0 aliphatic carbocycles. The lowest BCUT2D eigenvalue weighted by Crippen LogP contribution is -2.00. The van der Waals surface area contributed by atoms with Crippen molar-refractivity contribution in [1.82, 2.24) is 0 Å². The van der Waals surface area contributed by atoms with E-state index in [1.54, 1.807) is 12.1 Å². The zero-order valence-electron chi connectivity index (χ0n) is 11.5. The van der Waals surface area contributed by atoms with Gasteiger partial charge in [-0.05, 0) is 43.3 Å². The number of esters is 1. The fourth-order valence-corrected chi connectivity index (χ4v) is 1.71. The first kappa shape index (κ1) is 14.0. The number of furan rings is 1. The van der Waals surface area contributed by atoms with Gasteiger partial charge in [0.25, 0.3) is 0 Å². The smallest absolute Gasteiger partial charge is 0.373 e. The van der Waals surface area contributed by atoms with E-state index in [1.807, 2.05) is 31.2 Å². The van der Waals surface area contributed by atoms with Crippen LogP contribution in [0.5, 0.6) is 5.75 Å². The molecule has 20 heavy (non-hydrogen) atoms. The molecule has 0 atom stereocenters. The van der Waals surface area contributed by atoms with E-state index in [0.717, 1.165) is 11.4 Å². The molecule has 0 amide bonds. The number of carbonyl (C=O) groups is 1. The number of hydrogen-bond acceptors (Lipinski definition) is 5. The summed E-state index contributed by atoms with van der Waals surface area (Å²) < 4.78 is 15.3. The van der Waals surface area contributed by atoms with E-state index in [2.05, 4.69) is 10.1 Å². The molecule has 2 rings (SSSR count). The van der Waals surface area contributed by atoms with Crippen LogP contribution in [-0.4, -0.2) is 19.7 Å². The molecule has 5 nitrogen and oxygen atoms in total. The van der Waals surface area contributed by atoms with Crippen LogP contribution in [0.15, 0.2) is 40.8 Å². The SMILES string of the molecule is CCOc1ccc(NCc2ccc(C(=O)OC)o2)cc1. The Morgan fingerprint density at radius 2 is 1.95 bits per heavy atom. The lowest BCUT2D eigenvalue weighted by molar-refractivity contribution is 0.0563. The van der Waals surface area contributed by atoms with Crippen molar-refractivity contribution in [2.75, 3.05) is 19.0 Å². The molecule has 2 aromatic rings. The zero-order chi connectivity index (χ0) is 14.4. The number of hydrogen-bond donors (Lipinski definition) is 1. The van der Waals surface area contributed by atoms with Gasteiger partial charge in [-0.15, -0.1) is 0 Å². The molecule has 0 bridgehead atoms. The van der Waals surface area contributed by atoms with Crippen LogP contribution in [0.4, 0.5) is 5.69 Å². The standard InChI is InChI=1S/C15H17NO4/c1-3-19-12-6-4-11(5-7-12)16-10-13-8-9-14(20-13)15(17)18-2/h4-9,16H,3,10H2,1-2H3. The number of anilines is 1. The molecule has 1 aromatic carbocycles. The minimum atomic E-state index is -0.475. The van der Waals surface area contributed by atoms with Crippen molar-refractivity contribution in [3.63, 3.8) is 0 Å². The van der Waals surface area contributed by atoms with E-state index < -0.39 is 5.97 Å². The van der Waals surface area contributed by atoms with Gasteiger partial charge in [-0.1, -0.05) is 0 Å². The first-order valence-corrected chi connectivity index (χ1v) is 6.36. The molecule has 1 N–H and O–H groups in total. The predicted molar refractivity (Wildman–Crippen MR) is 75.0 cm³/mol. The topological polar surface area (TPSA) is 60.7 Å². The van der Waals surface area contributed by atoms with E-state index >= 15 is 0 Å². The molecule has 0 unspecified atom stereocenters. The third-order valence-electron chi connectivity index (χ3n) is 2.68. The summed E-state index contributed by atoms with van der Waals surface area (Å²) in [5.41, 5.74) is 0.949. The molecular weight excluding hydrogens is 258 g/mol. The van der Waals surface area contributed by atoms with Crippen LogP contribution < -0.4 is 10.1 Å². The van der Waals surface area contributed by atoms with Crippen LogP contribution in [0.1, 0.15) is 23.2 Å². The average Bonchev–Trinajstić information content (AvgIpc) is 2.95. The van der Waals surface area contributed by atoms with E-state index in [4.69, 9.17) is 9.15 Å². The van der Waals surface area contributed by atoms with Gasteiger partial charge in [0.05, 0.1) is 20.3 Å². The van der Waals surface area contributed by atoms with Crippen molar-refractivity contribution in [2.45, 2.75) is 13.5 Å². The highest BCUT2D eigenvalue weighted by atomic mass is 16.5. The number of rotatable bonds is 6. The summed E-state index contributed by atoms with van der Waals surface area (Å²) in [4.78, 5) is 11.2. The van der Waals surface area contributed by atoms with Crippen LogP contribution in [0, 0.1) is 0 Å². The molecule has 0 spiro atoms. The summed E-state index contributed by atoms with van der Waals surface area (Å²) in [6.45, 7) is 3.09. The van der Waals surface area contributed by atoms with Gasteiger partial charge >= 0.3 is 5.97 Å². The highest BCUT2D eigenvalue weighted by Gasteiger charge is 2.10. The molecule has 0 fully saturated rings. The molecule has 0 saturated heterocycles. The maximum Gasteiger partial charge on any atom is 0.373 e. The third-order valence-corrected chi connectivity index (χ3v) is 2.68. The second-order valence-corrected chi connectivity index (χ2v) is 4.07. The fourth-order valence-electron chi connectivity index (χ4n) is 1.71. The Balaban J connectivity index is 1.91. The van der Waals surface area contributed by atoms with Crippen molar-refractivity contribution in [2.24, 2.45) is 0 Å². The Morgan fingerprint density at radius 3 is 2.60 bits per heavy atom. The zero-order valence-corrected chi connectivity index (χ0v) is 11.5. The minimum absolute atomic E-state index is 0.205. The number of ether oxygens (including phenoxy) is 2. The Morgan fingerprint density at radius 1 is 1.20 bits per heavy atom. The largest absolute Gasteiger partial charge is 0.494 e.